The van der Waals surface area contributed by atoms with E-state index in [0.717, 1.165) is 5.56 Å². The van der Waals surface area contributed by atoms with Crippen LogP contribution in [0.1, 0.15) is 24.0 Å². The predicted molar refractivity (Wildman–Crippen MR) is 112 cm³/mol. The number of esters is 1. The number of carbonyl (C=O) groups excluding carboxylic acids is 1. The Labute approximate surface area is 174 Å². The first-order valence-electron chi connectivity index (χ1n) is 8.95. The Bertz CT molecular complexity index is 1040. The van der Waals surface area contributed by atoms with Gasteiger partial charge in [0.05, 0.1) is 47.6 Å². The molecule has 1 unspecified atom stereocenters. The minimum atomic E-state index is -0.738. The molecule has 0 aliphatic carbocycles. The van der Waals surface area contributed by atoms with Crippen molar-refractivity contribution in [2.45, 2.75) is 12.8 Å². The third-order valence-corrected chi connectivity index (χ3v) is 4.91. The summed E-state index contributed by atoms with van der Waals surface area (Å²) in [4.78, 5) is 13.0. The average Bonchev–Trinajstić information content (AvgIpc) is 2.74. The van der Waals surface area contributed by atoms with Gasteiger partial charge in [-0.3, -0.25) is 0 Å². The lowest BCUT2D eigenvalue weighted by Gasteiger charge is -2.29. The Morgan fingerprint density at radius 2 is 2.00 bits per heavy atom. The number of hydrogen-bond donors (Lipinski definition) is 3. The summed E-state index contributed by atoms with van der Waals surface area (Å²) in [5, 5.41) is 23.2. The van der Waals surface area contributed by atoms with Gasteiger partial charge in [-0.05, 0) is 30.2 Å². The molecule has 3 rings (SSSR count). The van der Waals surface area contributed by atoms with E-state index in [-0.39, 0.29) is 23.7 Å². The highest BCUT2D eigenvalue weighted by Crippen LogP contribution is 2.43. The van der Waals surface area contributed by atoms with E-state index >= 15 is 0 Å². The second kappa shape index (κ2) is 8.76. The van der Waals surface area contributed by atoms with Crippen LogP contribution in [0.25, 0.3) is 5.70 Å². The number of benzene rings is 2. The molecule has 0 aromatic heterocycles. The van der Waals surface area contributed by atoms with Gasteiger partial charge in [0.25, 0.3) is 0 Å². The molecular weight excluding hydrogens is 388 g/mol. The first kappa shape index (κ1) is 20.4. The lowest BCUT2D eigenvalue weighted by atomic mass is 9.81. The van der Waals surface area contributed by atoms with Gasteiger partial charge < -0.3 is 19.9 Å². The molecule has 6 nitrogen and oxygen atoms in total. The Morgan fingerprint density at radius 3 is 2.62 bits per heavy atom. The molecular formula is C22H20N2O4S. The summed E-state index contributed by atoms with van der Waals surface area (Å²) in [7, 11) is 1.43. The number of aromatic hydroxyl groups is 1. The van der Waals surface area contributed by atoms with Crippen LogP contribution in [0.4, 0.5) is 0 Å². The maximum absolute atomic E-state index is 13.0. The second-order valence-corrected chi connectivity index (χ2v) is 6.69. The van der Waals surface area contributed by atoms with E-state index in [1.807, 2.05) is 30.3 Å². The average molecular weight is 408 g/mol. The van der Waals surface area contributed by atoms with Crippen LogP contribution in [0.5, 0.6) is 11.5 Å². The van der Waals surface area contributed by atoms with Crippen molar-refractivity contribution in [3.63, 3.8) is 0 Å². The number of phenols is 1. The van der Waals surface area contributed by atoms with E-state index in [0.29, 0.717) is 21.9 Å². The molecule has 0 spiro atoms. The maximum Gasteiger partial charge on any atom is 0.337 e. The zero-order valence-electron chi connectivity index (χ0n) is 16.0. The smallest absolute Gasteiger partial charge is 0.337 e. The molecule has 148 valence electrons. The molecule has 1 aliphatic heterocycles. The summed E-state index contributed by atoms with van der Waals surface area (Å²) >= 11 is 4.46. The van der Waals surface area contributed by atoms with Crippen molar-refractivity contribution < 1.29 is 19.4 Å². The van der Waals surface area contributed by atoms with E-state index in [1.165, 1.54) is 13.2 Å². The van der Waals surface area contributed by atoms with Gasteiger partial charge in [-0.2, -0.15) is 5.26 Å². The van der Waals surface area contributed by atoms with E-state index in [2.05, 4.69) is 24.0 Å². The van der Waals surface area contributed by atoms with Crippen molar-refractivity contribution in [1.82, 2.24) is 5.32 Å². The normalized spacial score (nSPS) is 16.1. The molecule has 0 saturated carbocycles. The fourth-order valence-electron chi connectivity index (χ4n) is 3.26. The molecule has 29 heavy (non-hydrogen) atoms. The molecule has 0 saturated heterocycles. The first-order chi connectivity index (χ1) is 14.0. The van der Waals surface area contributed by atoms with Gasteiger partial charge in [-0.15, -0.1) is 12.6 Å². The van der Waals surface area contributed by atoms with Gasteiger partial charge in [0.1, 0.15) is 0 Å². The summed E-state index contributed by atoms with van der Waals surface area (Å²) in [5.41, 5.74) is 2.43. The largest absolute Gasteiger partial charge is 0.504 e. The Kier molecular flexibility index (Phi) is 6.15. The van der Waals surface area contributed by atoms with E-state index in [4.69, 9.17) is 9.47 Å². The monoisotopic (exact) mass is 408 g/mol. The van der Waals surface area contributed by atoms with Crippen LogP contribution in [0.15, 0.2) is 64.7 Å². The second-order valence-electron chi connectivity index (χ2n) is 6.24. The number of rotatable bonds is 5. The highest BCUT2D eigenvalue weighted by atomic mass is 32.1. The number of dihydropyridines is 1. The number of nitrogens with one attached hydrogen (secondary N) is 1. The van der Waals surface area contributed by atoms with Gasteiger partial charge in [0.2, 0.25) is 0 Å². The standard InChI is InChI=1S/C22H20N2O4S/c1-3-28-22(26)19-18(14-9-10-16(25)17(11-14)27-2)15(12-23)21(29)24-20(19)13-7-5-4-6-8-13/h4-11,18,24-25,29H,3H2,1-2H3. The van der Waals surface area contributed by atoms with Crippen molar-refractivity contribution in [1.29, 1.82) is 5.26 Å². The third-order valence-electron chi connectivity index (χ3n) is 4.56. The van der Waals surface area contributed by atoms with E-state index in [1.54, 1.807) is 19.1 Å². The Balaban J connectivity index is 2.29. The summed E-state index contributed by atoms with van der Waals surface area (Å²) in [5.74, 6) is -1.07. The summed E-state index contributed by atoms with van der Waals surface area (Å²) < 4.78 is 10.5. The highest BCUT2D eigenvalue weighted by molar-refractivity contribution is 7.84. The third kappa shape index (κ3) is 3.93. The number of methoxy groups -OCH3 is 1. The van der Waals surface area contributed by atoms with Crippen molar-refractivity contribution in [2.75, 3.05) is 13.7 Å². The van der Waals surface area contributed by atoms with E-state index < -0.39 is 11.9 Å². The molecule has 1 aliphatic rings. The SMILES string of the molecule is CCOC(=O)C1=C(c2ccccc2)NC(S)=C(C#N)C1c1ccc(O)c(OC)c1. The van der Waals surface area contributed by atoms with E-state index in [9.17, 15) is 15.2 Å². The topological polar surface area (TPSA) is 91.6 Å². The number of hydrogen-bond acceptors (Lipinski definition) is 7. The molecule has 2 aromatic rings. The van der Waals surface area contributed by atoms with Crippen LogP contribution in [-0.2, 0) is 9.53 Å². The Hall–Kier alpha value is -3.37. The maximum atomic E-state index is 13.0. The Morgan fingerprint density at radius 1 is 1.28 bits per heavy atom. The molecule has 2 N–H and O–H groups in total. The molecule has 1 atom stereocenters. The number of thiol groups is 1. The fourth-order valence-corrected chi connectivity index (χ4v) is 3.56. The zero-order valence-corrected chi connectivity index (χ0v) is 16.9. The predicted octanol–water partition coefficient (Wildman–Crippen LogP) is 3.73. The van der Waals surface area contributed by atoms with Gasteiger partial charge >= 0.3 is 5.97 Å². The van der Waals surface area contributed by atoms with Crippen LogP contribution in [-0.4, -0.2) is 24.8 Å². The van der Waals surface area contributed by atoms with Crippen molar-refractivity contribution in [2.24, 2.45) is 0 Å². The summed E-state index contributed by atoms with van der Waals surface area (Å²) in [6.07, 6.45) is 0. The number of carbonyl (C=O) groups is 1. The van der Waals surface area contributed by atoms with Crippen LogP contribution in [0.2, 0.25) is 0 Å². The minimum absolute atomic E-state index is 0.0382. The molecule has 1 heterocycles. The van der Waals surface area contributed by atoms with Crippen LogP contribution >= 0.6 is 12.6 Å². The number of phenolic OH excluding ortho intramolecular Hbond substituents is 1. The van der Waals surface area contributed by atoms with Crippen LogP contribution in [0.3, 0.4) is 0 Å². The highest BCUT2D eigenvalue weighted by Gasteiger charge is 2.36. The molecule has 2 aromatic carbocycles. The van der Waals surface area contributed by atoms with Gasteiger partial charge in [0, 0.05) is 0 Å². The number of allylic oxidation sites excluding steroid dienone is 1. The molecule has 0 radical (unpaired) electrons. The molecule has 0 bridgehead atoms. The van der Waals surface area contributed by atoms with Crippen molar-refractivity contribution in [3.8, 4) is 17.6 Å². The van der Waals surface area contributed by atoms with Crippen molar-refractivity contribution >= 4 is 24.3 Å². The zero-order chi connectivity index (χ0) is 21.0. The van der Waals surface area contributed by atoms with Crippen LogP contribution in [0, 0.1) is 11.3 Å². The lowest BCUT2D eigenvalue weighted by molar-refractivity contribution is -0.138. The first-order valence-corrected chi connectivity index (χ1v) is 9.40. The molecule has 0 fully saturated rings. The quantitative estimate of drug-likeness (QED) is 0.516. The van der Waals surface area contributed by atoms with Gasteiger partial charge in [0.15, 0.2) is 11.5 Å². The molecule has 0 amide bonds. The van der Waals surface area contributed by atoms with Crippen molar-refractivity contribution in [3.05, 3.63) is 75.8 Å². The molecule has 7 heteroatoms. The lowest BCUT2D eigenvalue weighted by Crippen LogP contribution is -2.28. The van der Waals surface area contributed by atoms with Gasteiger partial charge in [-0.25, -0.2) is 4.79 Å². The minimum Gasteiger partial charge on any atom is -0.504 e. The number of nitrogens with zero attached hydrogens (tertiary/aromatic N) is 1. The van der Waals surface area contributed by atoms with Crippen LogP contribution < -0.4 is 10.1 Å². The van der Waals surface area contributed by atoms with Gasteiger partial charge in [-0.1, -0.05) is 36.4 Å². The number of nitriles is 1. The number of ether oxygens (including phenoxy) is 2. The summed E-state index contributed by atoms with van der Waals surface area (Å²) in [6, 6.07) is 16.2. The fraction of sp³-hybridized carbons (Fsp3) is 0.182. The summed E-state index contributed by atoms with van der Waals surface area (Å²) in [6.45, 7) is 1.91.